The topological polar surface area (TPSA) is 85.0 Å². The van der Waals surface area contributed by atoms with Crippen molar-refractivity contribution in [3.63, 3.8) is 0 Å². The van der Waals surface area contributed by atoms with Crippen LogP contribution >= 0.6 is 11.8 Å². The van der Waals surface area contributed by atoms with Crippen LogP contribution in [-0.4, -0.2) is 35.0 Å². The molecule has 7 nitrogen and oxygen atoms in total. The first kappa shape index (κ1) is 18.7. The predicted octanol–water partition coefficient (Wildman–Crippen LogP) is 3.71. The Morgan fingerprint density at radius 3 is 2.63 bits per heavy atom. The molecule has 0 unspecified atom stereocenters. The number of amidine groups is 1. The second-order valence-corrected chi connectivity index (χ2v) is 6.77. The molecule has 2 aromatic carbocycles. The Labute approximate surface area is 160 Å². The van der Waals surface area contributed by atoms with Crippen LogP contribution in [0, 0.1) is 10.1 Å². The molecule has 27 heavy (non-hydrogen) atoms. The molecular formula is C19H17N3O4S. The second kappa shape index (κ2) is 8.05. The minimum absolute atomic E-state index is 0.0387. The van der Waals surface area contributed by atoms with Crippen LogP contribution in [0.4, 0.5) is 5.69 Å². The third kappa shape index (κ3) is 4.35. The van der Waals surface area contributed by atoms with Gasteiger partial charge in [0.25, 0.3) is 11.6 Å². The molecule has 3 rings (SSSR count). The Balaban J connectivity index is 1.66. The Bertz CT molecular complexity index is 938. The van der Waals surface area contributed by atoms with Gasteiger partial charge in [-0.15, -0.1) is 0 Å². The first-order chi connectivity index (χ1) is 13.0. The SMILES string of the molecule is CN=C1S/C(=C/c2ccc(OCc3cccc([N+](=O)[O-])c3)cc2)C(=O)N1C. The molecule has 0 aromatic heterocycles. The quantitative estimate of drug-likeness (QED) is 0.446. The monoisotopic (exact) mass is 383 g/mol. The van der Waals surface area contributed by atoms with Crippen molar-refractivity contribution < 1.29 is 14.5 Å². The maximum atomic E-state index is 12.2. The van der Waals surface area contributed by atoms with Gasteiger partial charge in [-0.2, -0.15) is 0 Å². The number of non-ortho nitro benzene ring substituents is 1. The Morgan fingerprint density at radius 1 is 1.26 bits per heavy atom. The van der Waals surface area contributed by atoms with Crippen molar-refractivity contribution in [2.45, 2.75) is 6.61 Å². The maximum Gasteiger partial charge on any atom is 0.269 e. The lowest BCUT2D eigenvalue weighted by Gasteiger charge is -2.07. The fraction of sp³-hybridized carbons (Fsp3) is 0.158. The highest BCUT2D eigenvalue weighted by Gasteiger charge is 2.29. The van der Waals surface area contributed by atoms with Crippen LogP contribution in [0.3, 0.4) is 0 Å². The van der Waals surface area contributed by atoms with Gasteiger partial charge in [-0.05, 0) is 41.1 Å². The van der Waals surface area contributed by atoms with Gasteiger partial charge in [-0.25, -0.2) is 0 Å². The zero-order valence-corrected chi connectivity index (χ0v) is 15.6. The lowest BCUT2D eigenvalue weighted by Crippen LogP contribution is -2.23. The number of hydrogen-bond acceptors (Lipinski definition) is 6. The van der Waals surface area contributed by atoms with Gasteiger partial charge >= 0.3 is 0 Å². The molecule has 1 aliphatic rings. The summed E-state index contributed by atoms with van der Waals surface area (Å²) in [6.45, 7) is 0.234. The lowest BCUT2D eigenvalue weighted by atomic mass is 10.2. The van der Waals surface area contributed by atoms with E-state index in [1.54, 1.807) is 38.4 Å². The molecule has 1 fully saturated rings. The summed E-state index contributed by atoms with van der Waals surface area (Å²) in [6, 6.07) is 13.6. The largest absolute Gasteiger partial charge is 0.489 e. The molecule has 8 heteroatoms. The van der Waals surface area contributed by atoms with E-state index in [1.165, 1.54) is 28.8 Å². The summed E-state index contributed by atoms with van der Waals surface area (Å²) >= 11 is 1.34. The van der Waals surface area contributed by atoms with E-state index >= 15 is 0 Å². The minimum atomic E-state index is -0.430. The molecule has 138 valence electrons. The van der Waals surface area contributed by atoms with Gasteiger partial charge in [0, 0.05) is 26.2 Å². The summed E-state index contributed by atoms with van der Waals surface area (Å²) in [5, 5.41) is 11.5. The third-order valence-corrected chi connectivity index (χ3v) is 5.05. The number of thioether (sulfide) groups is 1. The summed E-state index contributed by atoms with van der Waals surface area (Å²) in [5.41, 5.74) is 1.63. The molecular weight excluding hydrogens is 366 g/mol. The van der Waals surface area contributed by atoms with Gasteiger partial charge < -0.3 is 4.74 Å². The fourth-order valence-electron chi connectivity index (χ4n) is 2.49. The van der Waals surface area contributed by atoms with Crippen LogP contribution in [0.2, 0.25) is 0 Å². The summed E-state index contributed by atoms with van der Waals surface area (Å²) < 4.78 is 5.68. The Hall–Kier alpha value is -3.13. The van der Waals surface area contributed by atoms with E-state index < -0.39 is 4.92 Å². The maximum absolute atomic E-state index is 12.2. The number of hydrogen-bond donors (Lipinski definition) is 0. The molecule has 0 spiro atoms. The van der Waals surface area contributed by atoms with Crippen molar-refractivity contribution in [2.24, 2.45) is 4.99 Å². The number of nitro groups is 1. The van der Waals surface area contributed by atoms with Crippen molar-refractivity contribution in [2.75, 3.05) is 14.1 Å². The van der Waals surface area contributed by atoms with Crippen molar-refractivity contribution in [3.8, 4) is 5.75 Å². The molecule has 0 atom stereocenters. The van der Waals surface area contributed by atoms with E-state index in [0.717, 1.165) is 11.1 Å². The van der Waals surface area contributed by atoms with E-state index in [0.29, 0.717) is 15.8 Å². The number of likely N-dealkylation sites (N-methyl/N-ethyl adjacent to an activating group) is 1. The first-order valence-corrected chi connectivity index (χ1v) is 8.90. The zero-order valence-electron chi connectivity index (χ0n) is 14.8. The van der Waals surface area contributed by atoms with Gasteiger partial charge in [-0.1, -0.05) is 24.3 Å². The van der Waals surface area contributed by atoms with Crippen LogP contribution in [0.15, 0.2) is 58.4 Å². The number of nitro benzene ring substituents is 1. The molecule has 1 aliphatic heterocycles. The number of ether oxygens (including phenoxy) is 1. The van der Waals surface area contributed by atoms with Crippen molar-refractivity contribution in [1.29, 1.82) is 0 Å². The molecule has 2 aromatic rings. The number of nitrogens with zero attached hydrogens (tertiary/aromatic N) is 3. The average molecular weight is 383 g/mol. The second-order valence-electron chi connectivity index (χ2n) is 5.77. The molecule has 0 radical (unpaired) electrons. The number of rotatable bonds is 5. The normalized spacial score (nSPS) is 17.0. The molecule has 0 bridgehead atoms. The van der Waals surface area contributed by atoms with Gasteiger partial charge in [0.2, 0.25) is 0 Å². The van der Waals surface area contributed by atoms with Gasteiger partial charge in [0.05, 0.1) is 9.83 Å². The zero-order chi connectivity index (χ0) is 19.4. The van der Waals surface area contributed by atoms with Crippen molar-refractivity contribution >= 4 is 34.6 Å². The molecule has 0 aliphatic carbocycles. The molecule has 1 amide bonds. The Morgan fingerprint density at radius 2 is 2.00 bits per heavy atom. The third-order valence-electron chi connectivity index (χ3n) is 3.90. The molecule has 0 N–H and O–H groups in total. The molecule has 0 saturated carbocycles. The Kier molecular flexibility index (Phi) is 5.56. The summed E-state index contributed by atoms with van der Waals surface area (Å²) in [5.74, 6) is 0.564. The average Bonchev–Trinajstić information content (AvgIpc) is 2.95. The van der Waals surface area contributed by atoms with Gasteiger partial charge in [0.1, 0.15) is 12.4 Å². The fourth-order valence-corrected chi connectivity index (χ4v) is 3.41. The van der Waals surface area contributed by atoms with Gasteiger partial charge in [-0.3, -0.25) is 24.8 Å². The van der Waals surface area contributed by atoms with E-state index in [2.05, 4.69) is 4.99 Å². The smallest absolute Gasteiger partial charge is 0.269 e. The van der Waals surface area contributed by atoms with Crippen LogP contribution < -0.4 is 4.74 Å². The number of carbonyl (C=O) groups is 1. The first-order valence-electron chi connectivity index (χ1n) is 8.08. The lowest BCUT2D eigenvalue weighted by molar-refractivity contribution is -0.384. The predicted molar refractivity (Wildman–Crippen MR) is 106 cm³/mol. The summed E-state index contributed by atoms with van der Waals surface area (Å²) in [4.78, 5) is 28.8. The summed E-state index contributed by atoms with van der Waals surface area (Å²) in [6.07, 6.45) is 1.81. The number of benzene rings is 2. The van der Waals surface area contributed by atoms with Crippen LogP contribution in [0.25, 0.3) is 6.08 Å². The van der Waals surface area contributed by atoms with Crippen LogP contribution in [0.1, 0.15) is 11.1 Å². The highest BCUT2D eigenvalue weighted by molar-refractivity contribution is 8.18. The number of amides is 1. The molecule has 1 saturated heterocycles. The van der Waals surface area contributed by atoms with E-state index in [9.17, 15) is 14.9 Å². The summed E-state index contributed by atoms with van der Waals surface area (Å²) in [7, 11) is 3.35. The van der Waals surface area contributed by atoms with E-state index in [4.69, 9.17) is 4.74 Å². The van der Waals surface area contributed by atoms with Crippen molar-refractivity contribution in [1.82, 2.24) is 4.90 Å². The highest BCUT2D eigenvalue weighted by atomic mass is 32.2. The standard InChI is InChI=1S/C19H17N3O4S/c1-20-19-21(2)18(23)17(27-19)11-13-6-8-16(9-7-13)26-12-14-4-3-5-15(10-14)22(24)25/h3-11H,12H2,1-2H3/b17-11+,20-19?. The minimum Gasteiger partial charge on any atom is -0.489 e. The van der Waals surface area contributed by atoms with Crippen LogP contribution in [-0.2, 0) is 11.4 Å². The number of carbonyl (C=O) groups excluding carboxylic acids is 1. The van der Waals surface area contributed by atoms with Crippen LogP contribution in [0.5, 0.6) is 5.75 Å². The molecule has 1 heterocycles. The van der Waals surface area contributed by atoms with Gasteiger partial charge in [0.15, 0.2) is 5.17 Å². The van der Waals surface area contributed by atoms with E-state index in [-0.39, 0.29) is 18.2 Å². The number of aliphatic imine (C=N–C) groups is 1. The highest BCUT2D eigenvalue weighted by Crippen LogP contribution is 2.31. The van der Waals surface area contributed by atoms with E-state index in [1.807, 2.05) is 18.2 Å². The van der Waals surface area contributed by atoms with Crippen molar-refractivity contribution in [3.05, 3.63) is 74.7 Å².